The first-order valence-corrected chi connectivity index (χ1v) is 7.61. The Balaban J connectivity index is 1.81. The minimum atomic E-state index is 0.0475. The fraction of sp³-hybridized carbons (Fsp3) is 0.389. The molecular weight excluding hydrogens is 258 g/mol. The summed E-state index contributed by atoms with van der Waals surface area (Å²) in [6.45, 7) is 1.53. The zero-order valence-corrected chi connectivity index (χ0v) is 12.6. The summed E-state index contributed by atoms with van der Waals surface area (Å²) < 4.78 is 0. The number of nitrogens with zero attached hydrogens (tertiary/aromatic N) is 2. The highest BCUT2D eigenvalue weighted by molar-refractivity contribution is 5.32. The Morgan fingerprint density at radius 1 is 1.14 bits per heavy atom. The molecule has 3 rings (SSSR count). The topological polar surface area (TPSA) is 42.2 Å². The quantitative estimate of drug-likeness (QED) is 0.935. The maximum atomic E-state index is 6.19. The molecule has 0 saturated heterocycles. The van der Waals surface area contributed by atoms with Crippen molar-refractivity contribution in [3.05, 3.63) is 65.5 Å². The molecule has 2 aromatic rings. The average molecular weight is 281 g/mol. The van der Waals surface area contributed by atoms with Crippen LogP contribution in [0.2, 0.25) is 0 Å². The van der Waals surface area contributed by atoms with Gasteiger partial charge in [-0.15, -0.1) is 0 Å². The first-order chi connectivity index (χ1) is 10.2. The third-order valence-electron chi connectivity index (χ3n) is 4.81. The average Bonchev–Trinajstić information content (AvgIpc) is 2.55. The third kappa shape index (κ3) is 2.85. The van der Waals surface area contributed by atoms with Crippen LogP contribution in [0, 0.1) is 0 Å². The summed E-state index contributed by atoms with van der Waals surface area (Å²) in [5.74, 6) is 0. The molecular formula is C18H23N3. The lowest BCUT2D eigenvalue weighted by Crippen LogP contribution is -2.55. The van der Waals surface area contributed by atoms with E-state index in [2.05, 4.69) is 47.3 Å². The summed E-state index contributed by atoms with van der Waals surface area (Å²) in [5.41, 5.74) is 10.3. The van der Waals surface area contributed by atoms with E-state index in [9.17, 15) is 0 Å². The van der Waals surface area contributed by atoms with Crippen LogP contribution in [0.25, 0.3) is 0 Å². The highest BCUT2D eigenvalue weighted by atomic mass is 15.2. The summed E-state index contributed by atoms with van der Waals surface area (Å²) in [5, 5.41) is 0. The molecule has 1 atom stereocenters. The summed E-state index contributed by atoms with van der Waals surface area (Å²) in [6, 6.07) is 14.8. The van der Waals surface area contributed by atoms with Crippen molar-refractivity contribution in [3.8, 4) is 0 Å². The van der Waals surface area contributed by atoms with Crippen molar-refractivity contribution in [2.75, 3.05) is 13.6 Å². The highest BCUT2D eigenvalue weighted by Crippen LogP contribution is 2.32. The summed E-state index contributed by atoms with van der Waals surface area (Å²) in [4.78, 5) is 6.83. The summed E-state index contributed by atoms with van der Waals surface area (Å²) >= 11 is 0. The van der Waals surface area contributed by atoms with Crippen molar-refractivity contribution < 1.29 is 0 Å². The van der Waals surface area contributed by atoms with Gasteiger partial charge in [-0.25, -0.2) is 0 Å². The van der Waals surface area contributed by atoms with E-state index in [-0.39, 0.29) is 5.54 Å². The van der Waals surface area contributed by atoms with Crippen LogP contribution in [0.4, 0.5) is 0 Å². The number of aryl methyl sites for hydroxylation is 1. The second-order valence-electron chi connectivity index (χ2n) is 6.05. The lowest BCUT2D eigenvalue weighted by atomic mass is 9.77. The summed E-state index contributed by atoms with van der Waals surface area (Å²) in [7, 11) is 2.18. The predicted molar refractivity (Wildman–Crippen MR) is 86.0 cm³/mol. The van der Waals surface area contributed by atoms with Crippen LogP contribution in [0.1, 0.15) is 23.2 Å². The molecule has 0 amide bonds. The number of rotatable bonds is 4. The van der Waals surface area contributed by atoms with Crippen LogP contribution in [0.15, 0.2) is 48.7 Å². The number of likely N-dealkylation sites (N-methyl/N-ethyl adjacent to an activating group) is 1. The number of pyridine rings is 1. The molecule has 1 aliphatic rings. The molecule has 1 aliphatic carbocycles. The van der Waals surface area contributed by atoms with E-state index in [1.807, 2.05) is 18.3 Å². The Hall–Kier alpha value is -1.71. The maximum absolute atomic E-state index is 6.19. The second-order valence-corrected chi connectivity index (χ2v) is 6.05. The second kappa shape index (κ2) is 5.96. The van der Waals surface area contributed by atoms with Crippen molar-refractivity contribution in [2.45, 2.75) is 31.3 Å². The van der Waals surface area contributed by atoms with E-state index in [4.69, 9.17) is 5.73 Å². The number of nitrogens with two attached hydrogens (primary N) is 1. The van der Waals surface area contributed by atoms with E-state index in [0.29, 0.717) is 6.54 Å². The van der Waals surface area contributed by atoms with Crippen LogP contribution >= 0.6 is 0 Å². The van der Waals surface area contributed by atoms with Crippen LogP contribution < -0.4 is 5.73 Å². The molecule has 0 bridgehead atoms. The van der Waals surface area contributed by atoms with Gasteiger partial charge in [0.1, 0.15) is 0 Å². The zero-order chi connectivity index (χ0) is 14.7. The van der Waals surface area contributed by atoms with Crippen LogP contribution in [0.5, 0.6) is 0 Å². The maximum Gasteiger partial charge on any atom is 0.0544 e. The number of fused-ring (bicyclic) bond motifs is 1. The first-order valence-electron chi connectivity index (χ1n) is 7.61. The van der Waals surface area contributed by atoms with E-state index in [1.165, 1.54) is 11.1 Å². The van der Waals surface area contributed by atoms with Crippen molar-refractivity contribution in [1.82, 2.24) is 9.88 Å². The number of hydrogen-bond donors (Lipinski definition) is 1. The van der Waals surface area contributed by atoms with E-state index < -0.39 is 0 Å². The molecule has 1 aromatic heterocycles. The Labute approximate surface area is 126 Å². The van der Waals surface area contributed by atoms with Crippen LogP contribution in [0.3, 0.4) is 0 Å². The molecule has 2 N–H and O–H groups in total. The molecule has 3 heteroatoms. The minimum absolute atomic E-state index is 0.0475. The van der Waals surface area contributed by atoms with E-state index in [0.717, 1.165) is 31.5 Å². The molecule has 3 nitrogen and oxygen atoms in total. The molecule has 0 spiro atoms. The molecule has 1 aromatic carbocycles. The Bertz CT molecular complexity index is 596. The normalized spacial score (nSPS) is 21.3. The van der Waals surface area contributed by atoms with Gasteiger partial charge in [-0.3, -0.25) is 9.88 Å². The van der Waals surface area contributed by atoms with Crippen molar-refractivity contribution in [1.29, 1.82) is 0 Å². The monoisotopic (exact) mass is 281 g/mol. The van der Waals surface area contributed by atoms with Crippen molar-refractivity contribution in [3.63, 3.8) is 0 Å². The molecule has 110 valence electrons. The number of benzene rings is 1. The fourth-order valence-corrected chi connectivity index (χ4v) is 3.34. The smallest absolute Gasteiger partial charge is 0.0544 e. The van der Waals surface area contributed by atoms with Crippen LogP contribution in [-0.2, 0) is 19.4 Å². The molecule has 0 fully saturated rings. The molecule has 0 radical (unpaired) electrons. The van der Waals surface area contributed by atoms with Crippen molar-refractivity contribution >= 4 is 0 Å². The summed E-state index contributed by atoms with van der Waals surface area (Å²) in [6.07, 6.45) is 5.11. The van der Waals surface area contributed by atoms with Gasteiger partial charge in [0.2, 0.25) is 0 Å². The van der Waals surface area contributed by atoms with Gasteiger partial charge in [0.05, 0.1) is 5.69 Å². The Morgan fingerprint density at radius 2 is 1.90 bits per heavy atom. The predicted octanol–water partition coefficient (Wildman–Crippen LogP) is 2.40. The van der Waals surface area contributed by atoms with Crippen LogP contribution in [-0.4, -0.2) is 29.0 Å². The fourth-order valence-electron chi connectivity index (χ4n) is 3.34. The molecule has 0 saturated carbocycles. The van der Waals surface area contributed by atoms with Gasteiger partial charge in [-0.2, -0.15) is 0 Å². The SMILES string of the molecule is CN(Cc1ccccn1)C1(CN)CCc2ccccc2C1. The zero-order valence-electron chi connectivity index (χ0n) is 12.6. The lowest BCUT2D eigenvalue weighted by molar-refractivity contribution is 0.0997. The molecule has 0 aliphatic heterocycles. The minimum Gasteiger partial charge on any atom is -0.329 e. The first kappa shape index (κ1) is 14.2. The molecule has 1 unspecified atom stereocenters. The van der Waals surface area contributed by atoms with Gasteiger partial charge < -0.3 is 5.73 Å². The van der Waals surface area contributed by atoms with E-state index in [1.54, 1.807) is 0 Å². The van der Waals surface area contributed by atoms with E-state index >= 15 is 0 Å². The van der Waals surface area contributed by atoms with Gasteiger partial charge in [0.15, 0.2) is 0 Å². The van der Waals surface area contributed by atoms with Gasteiger partial charge in [0, 0.05) is 24.8 Å². The standard InChI is InChI=1S/C18H23N3/c1-21(13-17-8-4-5-11-20-17)18(14-19)10-9-15-6-2-3-7-16(15)12-18/h2-8,11H,9-10,12-14,19H2,1H3. The third-order valence-corrected chi connectivity index (χ3v) is 4.81. The number of hydrogen-bond acceptors (Lipinski definition) is 3. The number of aromatic nitrogens is 1. The van der Waals surface area contributed by atoms with Gasteiger partial charge in [-0.1, -0.05) is 30.3 Å². The van der Waals surface area contributed by atoms with Gasteiger partial charge >= 0.3 is 0 Å². The highest BCUT2D eigenvalue weighted by Gasteiger charge is 2.36. The van der Waals surface area contributed by atoms with Gasteiger partial charge in [-0.05, 0) is 49.6 Å². The Kier molecular flexibility index (Phi) is 4.04. The lowest BCUT2D eigenvalue weighted by Gasteiger charge is -2.44. The Morgan fingerprint density at radius 3 is 2.62 bits per heavy atom. The van der Waals surface area contributed by atoms with Crippen molar-refractivity contribution in [2.24, 2.45) is 5.73 Å². The largest absolute Gasteiger partial charge is 0.329 e. The molecule has 21 heavy (non-hydrogen) atoms. The molecule has 1 heterocycles. The van der Waals surface area contributed by atoms with Gasteiger partial charge in [0.25, 0.3) is 0 Å².